The molecular weight excluding hydrogens is 515 g/mol. The Bertz CT molecular complexity index is 709. The molecule has 0 bridgehead atoms. The SMILES string of the molecule is CCNC(=NCC1(N2CCOCC2)CCSC1)Nc1ccc2c(c1)OCCCO2.I. The first-order valence-electron chi connectivity index (χ1n) is 10.6. The van der Waals surface area contributed by atoms with Crippen LogP contribution in [0.1, 0.15) is 19.8 Å². The van der Waals surface area contributed by atoms with Crippen LogP contribution in [-0.2, 0) is 4.74 Å². The minimum atomic E-state index is 0. The summed E-state index contributed by atoms with van der Waals surface area (Å²) in [6.07, 6.45) is 2.09. The van der Waals surface area contributed by atoms with Crippen LogP contribution >= 0.6 is 35.7 Å². The zero-order valence-electron chi connectivity index (χ0n) is 17.7. The van der Waals surface area contributed by atoms with Crippen molar-refractivity contribution in [1.82, 2.24) is 10.2 Å². The van der Waals surface area contributed by atoms with Crippen molar-refractivity contribution in [1.29, 1.82) is 0 Å². The molecule has 9 heteroatoms. The van der Waals surface area contributed by atoms with Gasteiger partial charge in [0.05, 0.1) is 38.5 Å². The lowest BCUT2D eigenvalue weighted by molar-refractivity contribution is -0.0104. The Labute approximate surface area is 200 Å². The summed E-state index contributed by atoms with van der Waals surface area (Å²) in [5.41, 5.74) is 1.09. The van der Waals surface area contributed by atoms with Crippen molar-refractivity contribution in [2.75, 3.05) is 69.4 Å². The molecule has 168 valence electrons. The quantitative estimate of drug-likeness (QED) is 0.333. The molecule has 0 saturated carbocycles. The third-order valence-corrected chi connectivity index (χ3v) is 6.88. The van der Waals surface area contributed by atoms with Gasteiger partial charge >= 0.3 is 0 Å². The molecule has 0 aromatic heterocycles. The van der Waals surface area contributed by atoms with Crippen molar-refractivity contribution in [2.45, 2.75) is 25.3 Å². The first-order valence-corrected chi connectivity index (χ1v) is 11.8. The van der Waals surface area contributed by atoms with Crippen molar-refractivity contribution >= 4 is 47.4 Å². The molecule has 1 aromatic rings. The average molecular weight is 548 g/mol. The number of aliphatic imine (C=N–C) groups is 1. The zero-order valence-corrected chi connectivity index (χ0v) is 20.8. The van der Waals surface area contributed by atoms with Crippen LogP contribution in [0.5, 0.6) is 11.5 Å². The molecule has 3 heterocycles. The van der Waals surface area contributed by atoms with Gasteiger partial charge in [0.2, 0.25) is 0 Å². The Kier molecular flexibility index (Phi) is 9.21. The third kappa shape index (κ3) is 5.86. The summed E-state index contributed by atoms with van der Waals surface area (Å²) in [6, 6.07) is 5.98. The maximum atomic E-state index is 5.82. The predicted octanol–water partition coefficient (Wildman–Crippen LogP) is 3.05. The summed E-state index contributed by atoms with van der Waals surface area (Å²) < 4.78 is 17.1. The van der Waals surface area contributed by atoms with E-state index in [9.17, 15) is 0 Å². The number of hydrogen-bond donors (Lipinski definition) is 2. The fraction of sp³-hybridized carbons (Fsp3) is 0.667. The Hall–Kier alpha value is -0.910. The van der Waals surface area contributed by atoms with Gasteiger partial charge in [0, 0.05) is 43.6 Å². The minimum Gasteiger partial charge on any atom is -0.490 e. The molecule has 0 radical (unpaired) electrons. The van der Waals surface area contributed by atoms with Crippen LogP contribution < -0.4 is 20.1 Å². The third-order valence-electron chi connectivity index (χ3n) is 5.65. The Morgan fingerprint density at radius 1 is 1.17 bits per heavy atom. The molecule has 2 fully saturated rings. The maximum Gasteiger partial charge on any atom is 0.195 e. The van der Waals surface area contributed by atoms with Gasteiger partial charge in [0.1, 0.15) is 0 Å². The maximum absolute atomic E-state index is 5.82. The number of anilines is 1. The molecule has 30 heavy (non-hydrogen) atoms. The van der Waals surface area contributed by atoms with Gasteiger partial charge in [0.25, 0.3) is 0 Å². The smallest absolute Gasteiger partial charge is 0.195 e. The molecule has 3 aliphatic rings. The number of halogens is 1. The number of guanidine groups is 1. The molecule has 1 atom stereocenters. The van der Waals surface area contributed by atoms with Gasteiger partial charge in [0.15, 0.2) is 17.5 Å². The molecule has 0 amide bonds. The summed E-state index contributed by atoms with van der Waals surface area (Å²) in [6.45, 7) is 8.74. The number of fused-ring (bicyclic) bond motifs is 1. The van der Waals surface area contributed by atoms with E-state index in [2.05, 4.69) is 22.5 Å². The summed E-state index contributed by atoms with van der Waals surface area (Å²) in [7, 11) is 0. The van der Waals surface area contributed by atoms with Crippen LogP contribution in [0.25, 0.3) is 0 Å². The van der Waals surface area contributed by atoms with Gasteiger partial charge < -0.3 is 24.8 Å². The lowest BCUT2D eigenvalue weighted by Crippen LogP contribution is -2.56. The number of morpholine rings is 1. The van der Waals surface area contributed by atoms with Crippen LogP contribution in [-0.4, -0.2) is 80.5 Å². The monoisotopic (exact) mass is 548 g/mol. The Morgan fingerprint density at radius 2 is 1.97 bits per heavy atom. The van der Waals surface area contributed by atoms with Gasteiger partial charge in [-0.25, -0.2) is 0 Å². The molecule has 3 aliphatic heterocycles. The highest BCUT2D eigenvalue weighted by atomic mass is 127. The van der Waals surface area contributed by atoms with E-state index in [0.717, 1.165) is 74.7 Å². The van der Waals surface area contributed by atoms with Gasteiger partial charge in [-0.05, 0) is 31.2 Å². The van der Waals surface area contributed by atoms with Crippen molar-refractivity contribution in [2.24, 2.45) is 4.99 Å². The van der Waals surface area contributed by atoms with Gasteiger partial charge in [-0.15, -0.1) is 24.0 Å². The van der Waals surface area contributed by atoms with Crippen molar-refractivity contribution in [3.8, 4) is 11.5 Å². The number of nitrogens with zero attached hydrogens (tertiary/aromatic N) is 2. The number of thioether (sulfide) groups is 1. The van der Waals surface area contributed by atoms with Crippen LogP contribution in [0.3, 0.4) is 0 Å². The van der Waals surface area contributed by atoms with E-state index >= 15 is 0 Å². The number of rotatable bonds is 5. The van der Waals surface area contributed by atoms with Crippen LogP contribution in [0.15, 0.2) is 23.2 Å². The lowest BCUT2D eigenvalue weighted by Gasteiger charge is -2.42. The van der Waals surface area contributed by atoms with Gasteiger partial charge in [-0.2, -0.15) is 11.8 Å². The van der Waals surface area contributed by atoms with E-state index in [1.54, 1.807) is 0 Å². The van der Waals surface area contributed by atoms with Crippen LogP contribution in [0, 0.1) is 0 Å². The second kappa shape index (κ2) is 11.6. The lowest BCUT2D eigenvalue weighted by atomic mass is 9.96. The highest BCUT2D eigenvalue weighted by Gasteiger charge is 2.40. The second-order valence-corrected chi connectivity index (χ2v) is 8.76. The van der Waals surface area contributed by atoms with Crippen molar-refractivity contribution in [3.63, 3.8) is 0 Å². The summed E-state index contributed by atoms with van der Waals surface area (Å²) in [4.78, 5) is 7.59. The van der Waals surface area contributed by atoms with Crippen LogP contribution in [0.4, 0.5) is 5.69 Å². The topological polar surface area (TPSA) is 67.4 Å². The highest BCUT2D eigenvalue weighted by Crippen LogP contribution is 2.35. The number of ether oxygens (including phenoxy) is 3. The number of nitrogens with one attached hydrogen (secondary N) is 2. The molecule has 2 saturated heterocycles. The van der Waals surface area contributed by atoms with Crippen molar-refractivity contribution in [3.05, 3.63) is 18.2 Å². The molecular formula is C21H33IN4O3S. The molecule has 0 aliphatic carbocycles. The first kappa shape index (κ1) is 23.7. The van der Waals surface area contributed by atoms with E-state index in [1.807, 2.05) is 30.0 Å². The zero-order chi connectivity index (χ0) is 19.9. The minimum absolute atomic E-state index is 0. The van der Waals surface area contributed by atoms with Crippen molar-refractivity contribution < 1.29 is 14.2 Å². The number of benzene rings is 1. The Morgan fingerprint density at radius 3 is 2.70 bits per heavy atom. The summed E-state index contributed by atoms with van der Waals surface area (Å²) in [5.74, 6) is 4.76. The van der Waals surface area contributed by atoms with Crippen LogP contribution in [0.2, 0.25) is 0 Å². The largest absolute Gasteiger partial charge is 0.490 e. The Balaban J connectivity index is 0.00000256. The van der Waals surface area contributed by atoms with Gasteiger partial charge in [-0.3, -0.25) is 9.89 Å². The van der Waals surface area contributed by atoms with Gasteiger partial charge in [-0.1, -0.05) is 0 Å². The summed E-state index contributed by atoms with van der Waals surface area (Å²) >= 11 is 2.04. The molecule has 1 aromatic carbocycles. The molecule has 1 unspecified atom stereocenters. The molecule has 2 N–H and O–H groups in total. The standard InChI is InChI=1S/C21H32N4O3S.HI/c1-2-22-20(24-17-4-5-18-19(14-17)28-10-3-9-27-18)23-15-21(6-13-29-16-21)25-7-11-26-12-8-25;/h4-5,14H,2-3,6-13,15-16H2,1H3,(H2,22,23,24);1H. The molecule has 0 spiro atoms. The number of hydrogen-bond acceptors (Lipinski definition) is 6. The summed E-state index contributed by atoms with van der Waals surface area (Å²) in [5, 5.41) is 6.83. The van der Waals surface area contributed by atoms with E-state index in [-0.39, 0.29) is 29.5 Å². The van der Waals surface area contributed by atoms with E-state index in [4.69, 9.17) is 19.2 Å². The van der Waals surface area contributed by atoms with E-state index < -0.39 is 0 Å². The van der Waals surface area contributed by atoms with E-state index in [1.165, 1.54) is 12.2 Å². The average Bonchev–Trinajstić information content (AvgIpc) is 3.12. The second-order valence-electron chi connectivity index (χ2n) is 7.66. The fourth-order valence-electron chi connectivity index (χ4n) is 4.02. The fourth-order valence-corrected chi connectivity index (χ4v) is 5.49. The molecule has 4 rings (SSSR count). The first-order chi connectivity index (χ1) is 14.3. The normalized spacial score (nSPS) is 24.6. The molecule has 7 nitrogen and oxygen atoms in total. The van der Waals surface area contributed by atoms with E-state index in [0.29, 0.717) is 13.2 Å². The highest BCUT2D eigenvalue weighted by molar-refractivity contribution is 14.0. The predicted molar refractivity (Wildman–Crippen MR) is 134 cm³/mol.